The van der Waals surface area contributed by atoms with E-state index in [2.05, 4.69) is 25.2 Å². The molecule has 0 aliphatic rings. The molecular weight excluding hydrogens is 342 g/mol. The van der Waals surface area contributed by atoms with E-state index in [9.17, 15) is 9.59 Å². The molecule has 0 unspecified atom stereocenters. The van der Waals surface area contributed by atoms with Crippen LogP contribution in [-0.4, -0.2) is 41.0 Å². The molecule has 0 spiro atoms. The van der Waals surface area contributed by atoms with Crippen LogP contribution < -0.4 is 15.8 Å². The predicted molar refractivity (Wildman–Crippen MR) is 105 cm³/mol. The molecule has 0 saturated heterocycles. The first-order chi connectivity index (χ1) is 13.1. The third-order valence-electron chi connectivity index (χ3n) is 4.10. The number of hydrogen-bond donors (Lipinski definition) is 2. The number of rotatable bonds is 7. The molecule has 0 radical (unpaired) electrons. The summed E-state index contributed by atoms with van der Waals surface area (Å²) in [6.45, 7) is 1.26. The van der Waals surface area contributed by atoms with E-state index in [0.29, 0.717) is 18.1 Å². The normalized spacial score (nSPS) is 10.4. The van der Waals surface area contributed by atoms with Gasteiger partial charge in [0, 0.05) is 38.2 Å². The molecule has 0 atom stereocenters. The number of aromatic amines is 1. The Morgan fingerprint density at radius 3 is 2.59 bits per heavy atom. The van der Waals surface area contributed by atoms with E-state index in [4.69, 9.17) is 0 Å². The SMILES string of the molecule is CN(CCCNC(=O)c1cnc(-c2ccccn2)[nH]c1=O)c1ccccc1. The first kappa shape index (κ1) is 18.3. The Hall–Kier alpha value is -3.48. The largest absolute Gasteiger partial charge is 0.375 e. The van der Waals surface area contributed by atoms with Crippen LogP contribution in [0.2, 0.25) is 0 Å². The summed E-state index contributed by atoms with van der Waals surface area (Å²) in [6, 6.07) is 15.3. The zero-order chi connectivity index (χ0) is 19.1. The molecule has 1 aromatic carbocycles. The summed E-state index contributed by atoms with van der Waals surface area (Å²) in [6.07, 6.45) is 3.66. The predicted octanol–water partition coefficient (Wildman–Crippen LogP) is 2.09. The van der Waals surface area contributed by atoms with Crippen molar-refractivity contribution in [3.8, 4) is 11.5 Å². The molecule has 0 aliphatic carbocycles. The van der Waals surface area contributed by atoms with Crippen LogP contribution in [0.15, 0.2) is 65.7 Å². The van der Waals surface area contributed by atoms with E-state index in [0.717, 1.165) is 18.7 Å². The fourth-order valence-electron chi connectivity index (χ4n) is 2.61. The minimum atomic E-state index is -0.482. The van der Waals surface area contributed by atoms with Crippen LogP contribution in [0.5, 0.6) is 0 Å². The second-order valence-corrected chi connectivity index (χ2v) is 6.06. The number of carbonyl (C=O) groups is 1. The van der Waals surface area contributed by atoms with Crippen molar-refractivity contribution in [2.45, 2.75) is 6.42 Å². The number of anilines is 1. The highest BCUT2D eigenvalue weighted by Crippen LogP contribution is 2.11. The lowest BCUT2D eigenvalue weighted by Gasteiger charge is -2.19. The zero-order valence-corrected chi connectivity index (χ0v) is 15.1. The Morgan fingerprint density at radius 2 is 1.89 bits per heavy atom. The molecule has 138 valence electrons. The Balaban J connectivity index is 1.53. The Kier molecular flexibility index (Phi) is 5.94. The molecule has 3 aromatic rings. The number of nitrogens with one attached hydrogen (secondary N) is 2. The smallest absolute Gasteiger partial charge is 0.264 e. The third-order valence-corrected chi connectivity index (χ3v) is 4.10. The first-order valence-electron chi connectivity index (χ1n) is 8.70. The molecule has 27 heavy (non-hydrogen) atoms. The van der Waals surface area contributed by atoms with Gasteiger partial charge in [-0.3, -0.25) is 14.6 Å². The Labute approximate surface area is 157 Å². The second kappa shape index (κ2) is 8.75. The van der Waals surface area contributed by atoms with Gasteiger partial charge in [-0.25, -0.2) is 4.98 Å². The fourth-order valence-corrected chi connectivity index (χ4v) is 2.61. The highest BCUT2D eigenvalue weighted by Gasteiger charge is 2.12. The summed E-state index contributed by atoms with van der Waals surface area (Å²) in [5.41, 5.74) is 1.18. The van der Waals surface area contributed by atoms with Crippen LogP contribution >= 0.6 is 0 Å². The summed E-state index contributed by atoms with van der Waals surface area (Å²) < 4.78 is 0. The van der Waals surface area contributed by atoms with E-state index in [-0.39, 0.29) is 5.56 Å². The number of para-hydroxylation sites is 1. The summed E-state index contributed by atoms with van der Waals surface area (Å²) in [5.74, 6) is -0.0969. The zero-order valence-electron chi connectivity index (χ0n) is 15.1. The van der Waals surface area contributed by atoms with E-state index in [1.54, 1.807) is 24.4 Å². The molecular formula is C20H21N5O2. The van der Waals surface area contributed by atoms with Crippen molar-refractivity contribution < 1.29 is 4.79 Å². The number of nitrogens with zero attached hydrogens (tertiary/aromatic N) is 3. The third kappa shape index (κ3) is 4.78. The topological polar surface area (TPSA) is 91.0 Å². The van der Waals surface area contributed by atoms with Gasteiger partial charge in [-0.2, -0.15) is 0 Å². The summed E-state index contributed by atoms with van der Waals surface area (Å²) in [4.78, 5) is 37.4. The van der Waals surface area contributed by atoms with Crippen molar-refractivity contribution >= 4 is 11.6 Å². The number of aromatic nitrogens is 3. The Bertz CT molecular complexity index is 941. The lowest BCUT2D eigenvalue weighted by molar-refractivity contribution is 0.0951. The molecule has 2 aromatic heterocycles. The van der Waals surface area contributed by atoms with Gasteiger partial charge in [-0.05, 0) is 30.7 Å². The van der Waals surface area contributed by atoms with Gasteiger partial charge in [0.1, 0.15) is 11.3 Å². The van der Waals surface area contributed by atoms with Crippen molar-refractivity contribution in [1.29, 1.82) is 0 Å². The van der Waals surface area contributed by atoms with Crippen molar-refractivity contribution in [3.63, 3.8) is 0 Å². The molecule has 0 bridgehead atoms. The van der Waals surface area contributed by atoms with Gasteiger partial charge < -0.3 is 15.2 Å². The molecule has 0 fully saturated rings. The molecule has 0 saturated carbocycles. The lowest BCUT2D eigenvalue weighted by Crippen LogP contribution is -2.32. The monoisotopic (exact) mass is 363 g/mol. The summed E-state index contributed by atoms with van der Waals surface area (Å²) >= 11 is 0. The molecule has 1 amide bonds. The molecule has 0 aliphatic heterocycles. The van der Waals surface area contributed by atoms with E-state index in [1.807, 2.05) is 37.4 Å². The van der Waals surface area contributed by atoms with Gasteiger partial charge in [0.25, 0.3) is 11.5 Å². The van der Waals surface area contributed by atoms with Gasteiger partial charge in [0.15, 0.2) is 5.82 Å². The standard InChI is InChI=1S/C20H21N5O2/c1-25(15-8-3-2-4-9-15)13-7-12-22-19(26)16-14-23-18(24-20(16)27)17-10-5-6-11-21-17/h2-6,8-11,14H,7,12-13H2,1H3,(H,22,26)(H,23,24,27). The van der Waals surface area contributed by atoms with Crippen LogP contribution in [-0.2, 0) is 0 Å². The van der Waals surface area contributed by atoms with Crippen LogP contribution in [0, 0.1) is 0 Å². The van der Waals surface area contributed by atoms with Crippen LogP contribution in [0.4, 0.5) is 5.69 Å². The minimum absolute atomic E-state index is 0.00825. The number of H-pyrrole nitrogens is 1. The number of carbonyl (C=O) groups excluding carboxylic acids is 1. The molecule has 2 N–H and O–H groups in total. The van der Waals surface area contributed by atoms with Crippen LogP contribution in [0.1, 0.15) is 16.8 Å². The quantitative estimate of drug-likeness (QED) is 0.627. The van der Waals surface area contributed by atoms with Gasteiger partial charge in [0.2, 0.25) is 0 Å². The van der Waals surface area contributed by atoms with Crippen molar-refractivity contribution in [3.05, 3.63) is 76.8 Å². The Morgan fingerprint density at radius 1 is 1.11 bits per heavy atom. The second-order valence-electron chi connectivity index (χ2n) is 6.06. The van der Waals surface area contributed by atoms with Crippen molar-refractivity contribution in [2.24, 2.45) is 0 Å². The minimum Gasteiger partial charge on any atom is -0.375 e. The van der Waals surface area contributed by atoms with Gasteiger partial charge in [-0.1, -0.05) is 24.3 Å². The molecule has 7 nitrogen and oxygen atoms in total. The lowest BCUT2D eigenvalue weighted by atomic mass is 10.2. The molecule has 3 rings (SSSR count). The van der Waals surface area contributed by atoms with E-state index in [1.165, 1.54) is 6.20 Å². The maximum Gasteiger partial charge on any atom is 0.264 e. The van der Waals surface area contributed by atoms with Gasteiger partial charge in [0.05, 0.1) is 0 Å². The highest BCUT2D eigenvalue weighted by molar-refractivity contribution is 5.93. The van der Waals surface area contributed by atoms with Crippen LogP contribution in [0.3, 0.4) is 0 Å². The number of pyridine rings is 1. The highest BCUT2D eigenvalue weighted by atomic mass is 16.2. The number of benzene rings is 1. The average molecular weight is 363 g/mol. The molecule has 2 heterocycles. The average Bonchev–Trinajstić information content (AvgIpc) is 2.72. The summed E-state index contributed by atoms with van der Waals surface area (Å²) in [7, 11) is 2.00. The molecule has 7 heteroatoms. The van der Waals surface area contributed by atoms with Crippen molar-refractivity contribution in [1.82, 2.24) is 20.3 Å². The van der Waals surface area contributed by atoms with Crippen LogP contribution in [0.25, 0.3) is 11.5 Å². The first-order valence-corrected chi connectivity index (χ1v) is 8.70. The fraction of sp³-hybridized carbons (Fsp3) is 0.200. The van der Waals surface area contributed by atoms with Gasteiger partial charge >= 0.3 is 0 Å². The summed E-state index contributed by atoms with van der Waals surface area (Å²) in [5, 5.41) is 2.76. The van der Waals surface area contributed by atoms with E-state index >= 15 is 0 Å². The van der Waals surface area contributed by atoms with Gasteiger partial charge in [-0.15, -0.1) is 0 Å². The van der Waals surface area contributed by atoms with Crippen molar-refractivity contribution in [2.75, 3.05) is 25.0 Å². The maximum absolute atomic E-state index is 12.2. The van der Waals surface area contributed by atoms with E-state index < -0.39 is 11.5 Å². The number of hydrogen-bond acceptors (Lipinski definition) is 5. The number of amides is 1. The maximum atomic E-state index is 12.2.